The molecule has 0 radical (unpaired) electrons. The number of amides is 1. The van der Waals surface area contributed by atoms with E-state index >= 15 is 0 Å². The van der Waals surface area contributed by atoms with Crippen LogP contribution in [0.3, 0.4) is 0 Å². The Morgan fingerprint density at radius 1 is 1.19 bits per heavy atom. The molecule has 2 N–H and O–H groups in total. The van der Waals surface area contributed by atoms with E-state index in [9.17, 15) is 4.79 Å². The van der Waals surface area contributed by atoms with Crippen LogP contribution in [0.1, 0.15) is 12.0 Å². The summed E-state index contributed by atoms with van der Waals surface area (Å²) < 4.78 is 0. The highest BCUT2D eigenvalue weighted by atomic mass is 35.5. The first-order chi connectivity index (χ1) is 15.4. The lowest BCUT2D eigenvalue weighted by atomic mass is 9.94. The van der Waals surface area contributed by atoms with Gasteiger partial charge in [-0.2, -0.15) is 4.98 Å². The maximum Gasteiger partial charge on any atom is 0.227 e. The Morgan fingerprint density at radius 3 is 2.66 bits per heavy atom. The number of hydrogen-bond donors (Lipinski definition) is 2. The number of hydrogen-bond acceptors (Lipinski definition) is 7. The standard InChI is InChI=1S/C23H30ClN7O/c1-15(25-2)16-11-17-12-18(5-6-20(17)30(4)21(32)13-16)27-22-19(24)14-26-23(28-22)31-9-7-29(3)8-10-31/h5-6,12,14,16,25H,1,7-11,13H2,2-4H3,(H,26,27,28). The highest BCUT2D eigenvalue weighted by Crippen LogP contribution is 2.34. The van der Waals surface area contributed by atoms with Crippen LogP contribution in [-0.4, -0.2) is 68.1 Å². The summed E-state index contributed by atoms with van der Waals surface area (Å²) in [7, 11) is 5.78. The van der Waals surface area contributed by atoms with Gasteiger partial charge in [-0.25, -0.2) is 4.98 Å². The maximum absolute atomic E-state index is 12.6. The summed E-state index contributed by atoms with van der Waals surface area (Å²) in [4.78, 5) is 28.0. The van der Waals surface area contributed by atoms with E-state index in [4.69, 9.17) is 16.6 Å². The average molecular weight is 456 g/mol. The summed E-state index contributed by atoms with van der Waals surface area (Å²) in [5.74, 6) is 1.37. The van der Waals surface area contributed by atoms with Gasteiger partial charge in [-0.05, 0) is 37.2 Å². The fraction of sp³-hybridized carbons (Fsp3) is 0.435. The van der Waals surface area contributed by atoms with Gasteiger partial charge >= 0.3 is 0 Å². The van der Waals surface area contributed by atoms with Crippen molar-refractivity contribution in [2.45, 2.75) is 12.8 Å². The number of allylic oxidation sites excluding steroid dienone is 1. The lowest BCUT2D eigenvalue weighted by Crippen LogP contribution is -2.45. The number of benzene rings is 1. The van der Waals surface area contributed by atoms with Crippen LogP contribution in [0.5, 0.6) is 0 Å². The van der Waals surface area contributed by atoms with Crippen molar-refractivity contribution >= 4 is 40.6 Å². The van der Waals surface area contributed by atoms with Crippen LogP contribution in [0.2, 0.25) is 5.02 Å². The van der Waals surface area contributed by atoms with Gasteiger partial charge in [-0.15, -0.1) is 0 Å². The molecule has 2 aliphatic rings. The number of carbonyl (C=O) groups excluding carboxylic acids is 1. The molecule has 0 aliphatic carbocycles. The molecular formula is C23H30ClN7O. The Hall–Kier alpha value is -2.84. The number of fused-ring (bicyclic) bond motifs is 1. The Morgan fingerprint density at radius 2 is 1.94 bits per heavy atom. The number of nitrogens with one attached hydrogen (secondary N) is 2. The molecule has 1 unspecified atom stereocenters. The molecule has 8 nitrogen and oxygen atoms in total. The van der Waals surface area contributed by atoms with E-state index in [0.29, 0.717) is 23.2 Å². The topological polar surface area (TPSA) is 76.6 Å². The van der Waals surface area contributed by atoms with Gasteiger partial charge < -0.3 is 25.3 Å². The molecule has 0 saturated carbocycles. The predicted molar refractivity (Wildman–Crippen MR) is 130 cm³/mol. The molecule has 2 aromatic rings. The second kappa shape index (κ2) is 9.34. The molecule has 1 atom stereocenters. The summed E-state index contributed by atoms with van der Waals surface area (Å²) in [6.45, 7) is 7.81. The van der Waals surface area contributed by atoms with Crippen molar-refractivity contribution in [1.82, 2.24) is 20.2 Å². The molecule has 2 aliphatic heterocycles. The molecule has 1 aromatic heterocycles. The van der Waals surface area contributed by atoms with Crippen molar-refractivity contribution in [3.8, 4) is 0 Å². The highest BCUT2D eigenvalue weighted by molar-refractivity contribution is 6.32. The number of likely N-dealkylation sites (N-methyl/N-ethyl adjacent to an activating group) is 1. The quantitative estimate of drug-likeness (QED) is 0.717. The van der Waals surface area contributed by atoms with Crippen LogP contribution >= 0.6 is 11.6 Å². The smallest absolute Gasteiger partial charge is 0.227 e. The second-order valence-electron chi connectivity index (χ2n) is 8.46. The van der Waals surface area contributed by atoms with Crippen LogP contribution in [0.25, 0.3) is 0 Å². The van der Waals surface area contributed by atoms with Gasteiger partial charge in [0.2, 0.25) is 11.9 Å². The molecule has 32 heavy (non-hydrogen) atoms. The third-order valence-electron chi connectivity index (χ3n) is 6.30. The number of anilines is 4. The van der Waals surface area contributed by atoms with E-state index in [0.717, 1.165) is 55.2 Å². The zero-order valence-corrected chi connectivity index (χ0v) is 19.6. The van der Waals surface area contributed by atoms with E-state index in [1.54, 1.807) is 11.1 Å². The van der Waals surface area contributed by atoms with E-state index in [-0.39, 0.29) is 11.8 Å². The first kappa shape index (κ1) is 22.4. The molecule has 0 bridgehead atoms. The maximum atomic E-state index is 12.6. The normalized spacial score (nSPS) is 19.4. The molecule has 170 valence electrons. The highest BCUT2D eigenvalue weighted by Gasteiger charge is 2.27. The van der Waals surface area contributed by atoms with Gasteiger partial charge in [0.1, 0.15) is 5.02 Å². The predicted octanol–water partition coefficient (Wildman–Crippen LogP) is 2.88. The van der Waals surface area contributed by atoms with Crippen molar-refractivity contribution in [2.24, 2.45) is 5.92 Å². The van der Waals surface area contributed by atoms with Crippen LogP contribution in [0, 0.1) is 5.92 Å². The minimum atomic E-state index is 0.0397. The number of halogens is 1. The third-order valence-corrected chi connectivity index (χ3v) is 6.57. The minimum absolute atomic E-state index is 0.0397. The molecule has 0 spiro atoms. The average Bonchev–Trinajstić information content (AvgIpc) is 2.91. The third kappa shape index (κ3) is 4.66. The first-order valence-corrected chi connectivity index (χ1v) is 11.2. The summed E-state index contributed by atoms with van der Waals surface area (Å²) in [5, 5.41) is 6.93. The van der Waals surface area contributed by atoms with Crippen molar-refractivity contribution in [1.29, 1.82) is 0 Å². The molecule has 1 aromatic carbocycles. The first-order valence-electron chi connectivity index (χ1n) is 10.8. The minimum Gasteiger partial charge on any atom is -0.392 e. The lowest BCUT2D eigenvalue weighted by Gasteiger charge is -2.32. The Bertz CT molecular complexity index is 1020. The molecule has 1 amide bonds. The van der Waals surface area contributed by atoms with Gasteiger partial charge in [0.05, 0.1) is 6.20 Å². The van der Waals surface area contributed by atoms with Gasteiger partial charge in [0, 0.05) is 69.7 Å². The summed E-state index contributed by atoms with van der Waals surface area (Å²) >= 11 is 6.42. The molecule has 4 rings (SSSR count). The van der Waals surface area contributed by atoms with Crippen molar-refractivity contribution in [3.05, 3.63) is 47.3 Å². The fourth-order valence-corrected chi connectivity index (χ4v) is 4.30. The number of carbonyl (C=O) groups is 1. The van der Waals surface area contributed by atoms with Gasteiger partial charge in [-0.3, -0.25) is 4.79 Å². The Labute approximate surface area is 194 Å². The molecule has 9 heteroatoms. The van der Waals surface area contributed by atoms with Gasteiger partial charge in [0.15, 0.2) is 5.82 Å². The monoisotopic (exact) mass is 455 g/mol. The van der Waals surface area contributed by atoms with Crippen molar-refractivity contribution in [3.63, 3.8) is 0 Å². The van der Waals surface area contributed by atoms with Crippen LogP contribution in [0.4, 0.5) is 23.1 Å². The van der Waals surface area contributed by atoms with E-state index in [1.165, 1.54) is 0 Å². The number of piperazine rings is 1. The van der Waals surface area contributed by atoms with Crippen molar-refractivity contribution < 1.29 is 4.79 Å². The largest absolute Gasteiger partial charge is 0.392 e. The van der Waals surface area contributed by atoms with Crippen LogP contribution in [0.15, 0.2) is 36.7 Å². The zero-order valence-electron chi connectivity index (χ0n) is 18.9. The second-order valence-corrected chi connectivity index (χ2v) is 8.87. The summed E-state index contributed by atoms with van der Waals surface area (Å²) in [6, 6.07) is 5.98. The van der Waals surface area contributed by atoms with Gasteiger partial charge in [0.25, 0.3) is 0 Å². The number of rotatable bonds is 5. The van der Waals surface area contributed by atoms with E-state index in [1.807, 2.05) is 26.2 Å². The zero-order chi connectivity index (χ0) is 22.8. The molecule has 1 saturated heterocycles. The van der Waals surface area contributed by atoms with E-state index in [2.05, 4.69) is 45.1 Å². The SMILES string of the molecule is C=C(NC)C1CC(=O)N(C)c2ccc(Nc3nc(N4CCN(C)CC4)ncc3Cl)cc2C1. The summed E-state index contributed by atoms with van der Waals surface area (Å²) in [5.41, 5.74) is 3.73. The Kier molecular flexibility index (Phi) is 6.53. The van der Waals surface area contributed by atoms with Crippen molar-refractivity contribution in [2.75, 3.05) is 62.4 Å². The molecule has 1 fully saturated rings. The molecular weight excluding hydrogens is 426 g/mol. The number of nitrogens with zero attached hydrogens (tertiary/aromatic N) is 5. The summed E-state index contributed by atoms with van der Waals surface area (Å²) in [6.07, 6.45) is 2.80. The van der Waals surface area contributed by atoms with Gasteiger partial charge in [-0.1, -0.05) is 18.2 Å². The number of aromatic nitrogens is 2. The van der Waals surface area contributed by atoms with E-state index < -0.39 is 0 Å². The molecule has 3 heterocycles. The van der Waals surface area contributed by atoms with Crippen LogP contribution < -0.4 is 20.4 Å². The lowest BCUT2D eigenvalue weighted by molar-refractivity contribution is -0.118. The fourth-order valence-electron chi connectivity index (χ4n) is 4.17. The Balaban J connectivity index is 1.59. The van der Waals surface area contributed by atoms with Crippen LogP contribution in [-0.2, 0) is 11.2 Å².